The molecule has 0 spiro atoms. The van der Waals surface area contributed by atoms with Crippen LogP contribution in [-0.4, -0.2) is 59.8 Å². The highest BCUT2D eigenvalue weighted by atomic mass is 15.1. The molecule has 4 heteroatoms. The zero-order valence-electron chi connectivity index (χ0n) is 32.3. The molecule has 0 saturated carbocycles. The van der Waals surface area contributed by atoms with E-state index in [9.17, 15) is 0 Å². The Labute approximate surface area is 307 Å². The molecule has 4 nitrogen and oxygen atoms in total. The molecule has 2 aliphatic heterocycles. The van der Waals surface area contributed by atoms with Gasteiger partial charge in [-0.3, -0.25) is 0 Å². The van der Waals surface area contributed by atoms with Gasteiger partial charge in [-0.2, -0.15) is 9.15 Å². The first-order valence-electron chi connectivity index (χ1n) is 19.2. The van der Waals surface area contributed by atoms with Gasteiger partial charge in [-0.25, -0.2) is 0 Å². The Morgan fingerprint density at radius 3 is 1.18 bits per heavy atom. The SMILES string of the molecule is CCN(CC)c1ccc(C=CC2=[N+](CCC[N+]3=C(C=Cc4ccc(N(CC)CC)cc4)C(C)(C)c4ccccc43)c3ccccc3C2(C)C)cc1. The Kier molecular flexibility index (Phi) is 10.8. The van der Waals surface area contributed by atoms with E-state index in [-0.39, 0.29) is 10.8 Å². The number of rotatable bonds is 14. The van der Waals surface area contributed by atoms with Gasteiger partial charge in [0.25, 0.3) is 0 Å². The van der Waals surface area contributed by atoms with Crippen molar-refractivity contribution in [1.82, 2.24) is 0 Å². The molecule has 0 amide bonds. The van der Waals surface area contributed by atoms with Crippen LogP contribution in [0.4, 0.5) is 22.7 Å². The largest absolute Gasteiger partial charge is 0.372 e. The van der Waals surface area contributed by atoms with Crippen molar-refractivity contribution in [2.45, 2.75) is 72.6 Å². The van der Waals surface area contributed by atoms with Gasteiger partial charge in [0.05, 0.1) is 17.3 Å². The Morgan fingerprint density at radius 1 is 0.471 bits per heavy atom. The normalized spacial score (nSPS) is 16.0. The zero-order valence-corrected chi connectivity index (χ0v) is 32.3. The third-order valence-corrected chi connectivity index (χ3v) is 11.3. The summed E-state index contributed by atoms with van der Waals surface area (Å²) in [4.78, 5) is 4.79. The molecule has 0 fully saturated rings. The van der Waals surface area contributed by atoms with E-state index >= 15 is 0 Å². The molecular weight excluding hydrogens is 621 g/mol. The van der Waals surface area contributed by atoms with Gasteiger partial charge in [-0.15, -0.1) is 0 Å². The maximum atomic E-state index is 2.58. The third-order valence-electron chi connectivity index (χ3n) is 11.3. The lowest BCUT2D eigenvalue weighted by Gasteiger charge is -2.20. The molecule has 6 rings (SSSR count). The van der Waals surface area contributed by atoms with Crippen LogP contribution in [0.25, 0.3) is 12.2 Å². The predicted molar refractivity (Wildman–Crippen MR) is 221 cm³/mol. The second-order valence-corrected chi connectivity index (χ2v) is 14.9. The lowest BCUT2D eigenvalue weighted by Crippen LogP contribution is -2.29. The van der Waals surface area contributed by atoms with E-state index < -0.39 is 0 Å². The molecule has 4 aromatic rings. The summed E-state index contributed by atoms with van der Waals surface area (Å²) in [6, 6.07) is 36.0. The summed E-state index contributed by atoms with van der Waals surface area (Å²) in [6.45, 7) is 24.3. The first-order chi connectivity index (χ1) is 24.6. The lowest BCUT2D eigenvalue weighted by molar-refractivity contribution is -0.470. The average Bonchev–Trinajstić information content (AvgIpc) is 3.50. The van der Waals surface area contributed by atoms with Crippen LogP contribution in [0, 0.1) is 0 Å². The van der Waals surface area contributed by atoms with Crippen molar-refractivity contribution in [3.05, 3.63) is 131 Å². The Morgan fingerprint density at radius 2 is 0.824 bits per heavy atom. The molecular formula is C47H58N4+2. The number of benzene rings is 4. The predicted octanol–water partition coefficient (Wildman–Crippen LogP) is 10.6. The van der Waals surface area contributed by atoms with Crippen LogP contribution >= 0.6 is 0 Å². The van der Waals surface area contributed by atoms with E-state index in [1.54, 1.807) is 0 Å². The molecule has 2 aliphatic rings. The summed E-state index contributed by atoms with van der Waals surface area (Å²) in [6.07, 6.45) is 10.4. The van der Waals surface area contributed by atoms with Gasteiger partial charge in [0, 0.05) is 73.0 Å². The van der Waals surface area contributed by atoms with Crippen molar-refractivity contribution in [2.75, 3.05) is 49.1 Å². The Hall–Kier alpha value is -4.70. The summed E-state index contributed by atoms with van der Waals surface area (Å²) in [5.74, 6) is 0. The molecule has 0 aliphatic carbocycles. The smallest absolute Gasteiger partial charge is 0.209 e. The van der Waals surface area contributed by atoms with Crippen LogP contribution in [0.3, 0.4) is 0 Å². The van der Waals surface area contributed by atoms with Gasteiger partial charge in [-0.1, -0.05) is 60.7 Å². The maximum Gasteiger partial charge on any atom is 0.209 e. The van der Waals surface area contributed by atoms with E-state index in [1.807, 2.05) is 0 Å². The number of para-hydroxylation sites is 2. The van der Waals surface area contributed by atoms with E-state index in [1.165, 1.54) is 56.4 Å². The molecule has 264 valence electrons. The van der Waals surface area contributed by atoms with Crippen LogP contribution in [0.15, 0.2) is 109 Å². The molecule has 0 aromatic heterocycles. The molecule has 0 radical (unpaired) electrons. The summed E-state index contributed by atoms with van der Waals surface area (Å²) in [5.41, 5.74) is 13.0. The zero-order chi connectivity index (χ0) is 36.2. The van der Waals surface area contributed by atoms with Crippen LogP contribution < -0.4 is 9.80 Å². The van der Waals surface area contributed by atoms with Crippen molar-refractivity contribution in [1.29, 1.82) is 0 Å². The van der Waals surface area contributed by atoms with Gasteiger partial charge in [0.15, 0.2) is 24.5 Å². The highest BCUT2D eigenvalue weighted by molar-refractivity contribution is 6.06. The Balaban J connectivity index is 1.29. The van der Waals surface area contributed by atoms with Crippen molar-refractivity contribution < 1.29 is 9.15 Å². The number of hydrogen-bond acceptors (Lipinski definition) is 2. The molecule has 0 saturated heterocycles. The highest BCUT2D eigenvalue weighted by Crippen LogP contribution is 2.42. The van der Waals surface area contributed by atoms with E-state index in [4.69, 9.17) is 0 Å². The van der Waals surface area contributed by atoms with Gasteiger partial charge >= 0.3 is 0 Å². The van der Waals surface area contributed by atoms with Gasteiger partial charge in [0.2, 0.25) is 11.4 Å². The number of allylic oxidation sites excluding steroid dienone is 2. The molecule has 0 N–H and O–H groups in total. The number of nitrogens with zero attached hydrogens (tertiary/aromatic N) is 4. The fourth-order valence-corrected chi connectivity index (χ4v) is 8.27. The number of fused-ring (bicyclic) bond motifs is 2. The minimum atomic E-state index is -0.0860. The number of hydrogen-bond donors (Lipinski definition) is 0. The van der Waals surface area contributed by atoms with Crippen molar-refractivity contribution >= 4 is 46.3 Å². The molecule has 0 unspecified atom stereocenters. The fourth-order valence-electron chi connectivity index (χ4n) is 8.27. The summed E-state index contributed by atoms with van der Waals surface area (Å²) in [7, 11) is 0. The van der Waals surface area contributed by atoms with Crippen molar-refractivity contribution in [3.63, 3.8) is 0 Å². The van der Waals surface area contributed by atoms with Gasteiger partial charge in [0.1, 0.15) is 0 Å². The van der Waals surface area contributed by atoms with Gasteiger partial charge < -0.3 is 9.80 Å². The minimum Gasteiger partial charge on any atom is -0.372 e. The third kappa shape index (κ3) is 7.11. The second kappa shape index (κ2) is 15.3. The second-order valence-electron chi connectivity index (χ2n) is 14.9. The average molecular weight is 679 g/mol. The standard InChI is InChI=1S/C47H58N4/c1-9-48(10-2)38-28-22-36(23-29-38)26-32-44-46(5,6)40-18-13-15-20-42(40)50(44)34-17-35-51-43-21-16-14-19-41(43)47(7,8)45(51)33-27-37-24-30-39(31-25-37)49(11-3)12-4/h13-16,18-33H,9-12,17,34-35H2,1-8H3/q+2. The monoisotopic (exact) mass is 678 g/mol. The van der Waals surface area contributed by atoms with E-state index in [0.29, 0.717) is 0 Å². The van der Waals surface area contributed by atoms with E-state index in [0.717, 1.165) is 45.7 Å². The van der Waals surface area contributed by atoms with Crippen molar-refractivity contribution in [3.8, 4) is 0 Å². The minimum absolute atomic E-state index is 0.0860. The molecule has 0 bridgehead atoms. The molecule has 0 atom stereocenters. The van der Waals surface area contributed by atoms with E-state index in [2.05, 4.69) is 196 Å². The number of anilines is 2. The summed E-state index contributed by atoms with van der Waals surface area (Å²) in [5, 5.41) is 0. The summed E-state index contributed by atoms with van der Waals surface area (Å²) >= 11 is 0. The maximum absolute atomic E-state index is 2.58. The lowest BCUT2D eigenvalue weighted by atomic mass is 9.81. The summed E-state index contributed by atoms with van der Waals surface area (Å²) < 4.78 is 5.16. The quantitative estimate of drug-likeness (QED) is 0.123. The molecule has 2 heterocycles. The molecule has 51 heavy (non-hydrogen) atoms. The van der Waals surface area contributed by atoms with Crippen LogP contribution in [0.5, 0.6) is 0 Å². The fraction of sp³-hybridized carbons (Fsp3) is 0.362. The van der Waals surface area contributed by atoms with Crippen LogP contribution in [-0.2, 0) is 10.8 Å². The Bertz CT molecular complexity index is 1800. The van der Waals surface area contributed by atoms with Crippen LogP contribution in [0.1, 0.15) is 84.1 Å². The van der Waals surface area contributed by atoms with Crippen molar-refractivity contribution in [2.24, 2.45) is 0 Å². The first-order valence-corrected chi connectivity index (χ1v) is 19.2. The van der Waals surface area contributed by atoms with Gasteiger partial charge in [-0.05, 0) is 103 Å². The first kappa shape index (κ1) is 36.1. The highest BCUT2D eigenvalue weighted by Gasteiger charge is 2.46. The van der Waals surface area contributed by atoms with Crippen LogP contribution in [0.2, 0.25) is 0 Å². The molecule has 4 aromatic carbocycles. The topological polar surface area (TPSA) is 12.5 Å².